The fraction of sp³-hybridized carbons (Fsp3) is 0.333. The van der Waals surface area contributed by atoms with Crippen LogP contribution in [0, 0.1) is 5.82 Å². The van der Waals surface area contributed by atoms with Crippen LogP contribution in [-0.4, -0.2) is 71.4 Å². The van der Waals surface area contributed by atoms with E-state index in [2.05, 4.69) is 9.84 Å². The number of nitrogens with zero attached hydrogens (tertiary/aromatic N) is 3. The van der Waals surface area contributed by atoms with Crippen molar-refractivity contribution in [3.05, 3.63) is 83.4 Å². The summed E-state index contributed by atoms with van der Waals surface area (Å²) in [4.78, 5) is 40.9. The zero-order valence-electron chi connectivity index (χ0n) is 26.8. The third-order valence-corrected chi connectivity index (χ3v) is 8.66. The van der Waals surface area contributed by atoms with Crippen molar-refractivity contribution >= 4 is 17.7 Å². The Morgan fingerprint density at radius 1 is 0.957 bits per heavy atom. The molecule has 3 heterocycles. The summed E-state index contributed by atoms with van der Waals surface area (Å²) in [6.07, 6.45) is 4.89. The van der Waals surface area contributed by atoms with Gasteiger partial charge in [-0.2, -0.15) is 5.10 Å². The summed E-state index contributed by atoms with van der Waals surface area (Å²) in [7, 11) is 3.03. The van der Waals surface area contributed by atoms with Crippen LogP contribution in [0.15, 0.2) is 60.9 Å². The number of piperidine rings is 1. The second-order valence-electron chi connectivity index (χ2n) is 11.7. The van der Waals surface area contributed by atoms with Crippen LogP contribution < -0.4 is 14.2 Å². The molecule has 4 aromatic rings. The predicted molar refractivity (Wildman–Crippen MR) is 172 cm³/mol. The number of ether oxygens (including phenoxy) is 4. The largest absolute Gasteiger partial charge is 0.493 e. The number of hydrogen-bond donors (Lipinski definition) is 0. The third kappa shape index (κ3) is 6.17. The molecule has 47 heavy (non-hydrogen) atoms. The fourth-order valence-electron chi connectivity index (χ4n) is 6.31. The lowest BCUT2D eigenvalue weighted by molar-refractivity contribution is -0.00573. The molecule has 0 saturated carbocycles. The first kappa shape index (κ1) is 31.8. The summed E-state index contributed by atoms with van der Waals surface area (Å²) in [6.45, 7) is 5.00. The zero-order chi connectivity index (χ0) is 33.3. The maximum atomic E-state index is 14.9. The molecule has 3 aromatic carbocycles. The van der Waals surface area contributed by atoms with E-state index in [-0.39, 0.29) is 23.7 Å². The summed E-state index contributed by atoms with van der Waals surface area (Å²) >= 11 is 0. The number of hydrogen-bond acceptors (Lipinski definition) is 8. The zero-order valence-corrected chi connectivity index (χ0v) is 26.8. The molecule has 0 N–H and O–H groups in total. The van der Waals surface area contributed by atoms with Gasteiger partial charge in [0.25, 0.3) is 5.91 Å². The number of rotatable bonds is 8. The minimum atomic E-state index is -0.782. The van der Waals surface area contributed by atoms with Gasteiger partial charge in [0.05, 0.1) is 49.6 Å². The summed E-state index contributed by atoms with van der Waals surface area (Å²) in [5.74, 6) is -0.469. The molecule has 0 bridgehead atoms. The third-order valence-electron chi connectivity index (χ3n) is 8.66. The number of ketones is 1. The van der Waals surface area contributed by atoms with Crippen LogP contribution in [0.25, 0.3) is 22.3 Å². The Morgan fingerprint density at radius 2 is 1.64 bits per heavy atom. The average Bonchev–Trinajstić information content (AvgIpc) is 3.50. The van der Waals surface area contributed by atoms with Crippen molar-refractivity contribution in [2.75, 3.05) is 33.4 Å². The van der Waals surface area contributed by atoms with Gasteiger partial charge in [-0.15, -0.1) is 0 Å². The van der Waals surface area contributed by atoms with Gasteiger partial charge in [-0.3, -0.25) is 14.3 Å². The molecular weight excluding hydrogens is 605 g/mol. The maximum absolute atomic E-state index is 14.9. The van der Waals surface area contributed by atoms with Crippen LogP contribution in [0.2, 0.25) is 0 Å². The Morgan fingerprint density at radius 3 is 2.23 bits per heavy atom. The predicted octanol–water partition coefficient (Wildman–Crippen LogP) is 6.12. The van der Waals surface area contributed by atoms with E-state index >= 15 is 0 Å². The van der Waals surface area contributed by atoms with E-state index in [0.29, 0.717) is 78.6 Å². The summed E-state index contributed by atoms with van der Waals surface area (Å²) in [6, 6.07) is 13.1. The van der Waals surface area contributed by atoms with Crippen molar-refractivity contribution in [2.24, 2.45) is 7.05 Å². The Balaban J connectivity index is 1.22. The molecule has 2 aliphatic rings. The first-order valence-corrected chi connectivity index (χ1v) is 15.6. The smallest absolute Gasteiger partial charge is 0.340 e. The quantitative estimate of drug-likeness (QED) is 0.212. The highest BCUT2D eigenvalue weighted by Crippen LogP contribution is 2.43. The van der Waals surface area contributed by atoms with Gasteiger partial charge >= 0.3 is 5.97 Å². The number of carbonyl (C=O) groups is 3. The van der Waals surface area contributed by atoms with Crippen molar-refractivity contribution in [1.82, 2.24) is 14.7 Å². The van der Waals surface area contributed by atoms with Gasteiger partial charge in [-0.05, 0) is 61.4 Å². The molecule has 1 aromatic heterocycles. The molecule has 10 nitrogen and oxygen atoms in total. The number of halogens is 1. The molecule has 0 aliphatic carbocycles. The Bertz CT molecular complexity index is 1830. The van der Waals surface area contributed by atoms with E-state index in [4.69, 9.17) is 14.2 Å². The van der Waals surface area contributed by atoms with Crippen molar-refractivity contribution in [1.29, 1.82) is 0 Å². The summed E-state index contributed by atoms with van der Waals surface area (Å²) in [5, 5.41) is 4.22. The van der Waals surface area contributed by atoms with Gasteiger partial charge in [0.15, 0.2) is 5.78 Å². The van der Waals surface area contributed by atoms with Crippen molar-refractivity contribution in [3.63, 3.8) is 0 Å². The lowest BCUT2D eigenvalue weighted by Crippen LogP contribution is -2.52. The molecule has 2 aliphatic heterocycles. The number of aromatic nitrogens is 2. The molecule has 0 unspecified atom stereocenters. The van der Waals surface area contributed by atoms with E-state index in [1.807, 2.05) is 45.3 Å². The standard InChI is InChI=1S/C36H36FN3O7/c1-5-45-31-17-24(18-32(46-6-2)33(31)23-7-9-26(28(37)16-23)35(43)44-4)34(42)40-13-11-36(12-14-40)19-29(41)27-15-22(8-10-30(27)47-36)25-20-38-39(3)21-25/h7-10,15-18,20-21H,5-6,11-14,19H2,1-4H3. The minimum absolute atomic E-state index is 0.0196. The Kier molecular flexibility index (Phi) is 8.72. The van der Waals surface area contributed by atoms with Crippen molar-refractivity contribution < 1.29 is 37.7 Å². The minimum Gasteiger partial charge on any atom is -0.493 e. The van der Waals surface area contributed by atoms with Gasteiger partial charge in [0.1, 0.15) is 28.7 Å². The topological polar surface area (TPSA) is 109 Å². The molecule has 1 fully saturated rings. The average molecular weight is 642 g/mol. The Labute approximate surface area is 272 Å². The van der Waals surface area contributed by atoms with Crippen LogP contribution in [0.1, 0.15) is 64.2 Å². The van der Waals surface area contributed by atoms with E-state index in [1.54, 1.807) is 34.0 Å². The van der Waals surface area contributed by atoms with Gasteiger partial charge in [0, 0.05) is 50.3 Å². The first-order valence-electron chi connectivity index (χ1n) is 15.6. The summed E-state index contributed by atoms with van der Waals surface area (Å²) in [5.41, 5.74) is 2.76. The number of carbonyl (C=O) groups excluding carboxylic acids is 3. The molecule has 6 rings (SSSR count). The van der Waals surface area contributed by atoms with E-state index in [9.17, 15) is 18.8 Å². The maximum Gasteiger partial charge on any atom is 0.340 e. The molecule has 0 radical (unpaired) electrons. The molecule has 11 heteroatoms. The molecule has 0 atom stereocenters. The number of fused-ring (bicyclic) bond motifs is 1. The van der Waals surface area contributed by atoms with E-state index in [0.717, 1.165) is 11.1 Å². The first-order chi connectivity index (χ1) is 22.6. The van der Waals surface area contributed by atoms with Gasteiger partial charge in [-0.25, -0.2) is 9.18 Å². The lowest BCUT2D eigenvalue weighted by atomic mass is 9.82. The number of amides is 1. The molecule has 1 spiro atoms. The fourth-order valence-corrected chi connectivity index (χ4v) is 6.31. The molecule has 244 valence electrons. The van der Waals surface area contributed by atoms with Gasteiger partial charge in [0.2, 0.25) is 0 Å². The second kappa shape index (κ2) is 12.9. The number of esters is 1. The van der Waals surface area contributed by atoms with Gasteiger partial charge < -0.3 is 23.8 Å². The summed E-state index contributed by atoms with van der Waals surface area (Å²) < 4.78 is 39.7. The number of Topliss-reactive ketones (excluding diaryl/α,β-unsaturated/α-hetero) is 1. The van der Waals surface area contributed by atoms with Crippen LogP contribution in [0.3, 0.4) is 0 Å². The monoisotopic (exact) mass is 641 g/mol. The van der Waals surface area contributed by atoms with Crippen LogP contribution in [0.4, 0.5) is 4.39 Å². The molecule has 1 amide bonds. The number of methoxy groups -OCH3 is 1. The lowest BCUT2D eigenvalue weighted by Gasteiger charge is -2.44. The van der Waals surface area contributed by atoms with E-state index in [1.165, 1.54) is 19.2 Å². The molecule has 1 saturated heterocycles. The molecular formula is C36H36FN3O7. The highest BCUT2D eigenvalue weighted by atomic mass is 19.1. The number of benzene rings is 3. The van der Waals surface area contributed by atoms with E-state index < -0.39 is 17.4 Å². The number of likely N-dealkylation sites (tertiary alicyclic amines) is 1. The highest BCUT2D eigenvalue weighted by molar-refractivity contribution is 6.02. The Hall–Kier alpha value is -5.19. The van der Waals surface area contributed by atoms with Crippen molar-refractivity contribution in [3.8, 4) is 39.5 Å². The van der Waals surface area contributed by atoms with Crippen LogP contribution in [0.5, 0.6) is 17.2 Å². The van der Waals surface area contributed by atoms with Gasteiger partial charge in [-0.1, -0.05) is 12.1 Å². The number of aryl methyl sites for hydroxylation is 1. The highest BCUT2D eigenvalue weighted by Gasteiger charge is 2.44. The van der Waals surface area contributed by atoms with Crippen molar-refractivity contribution in [2.45, 2.75) is 38.7 Å². The SMILES string of the molecule is CCOc1cc(C(=O)N2CCC3(CC2)CC(=O)c2cc(-c4cnn(C)c4)ccc2O3)cc(OCC)c1-c1ccc(C(=O)OC)c(F)c1. The second-order valence-corrected chi connectivity index (χ2v) is 11.7. The van der Waals surface area contributed by atoms with Crippen LogP contribution in [-0.2, 0) is 11.8 Å². The normalized spacial score (nSPS) is 15.2. The van der Waals surface area contributed by atoms with Crippen LogP contribution >= 0.6 is 0 Å².